The van der Waals surface area contributed by atoms with Crippen molar-refractivity contribution in [1.82, 2.24) is 9.97 Å². The van der Waals surface area contributed by atoms with Crippen LogP contribution in [0.3, 0.4) is 0 Å². The zero-order valence-electron chi connectivity index (χ0n) is 18.7. The first-order chi connectivity index (χ1) is 16.8. The Morgan fingerprint density at radius 3 is 2.24 bits per heavy atom. The van der Waals surface area contributed by atoms with Crippen LogP contribution in [0.25, 0.3) is 22.6 Å². The van der Waals surface area contributed by atoms with Crippen LogP contribution in [0, 0.1) is 0 Å². The van der Waals surface area contributed by atoms with Crippen molar-refractivity contribution in [1.29, 1.82) is 0 Å². The number of benzene rings is 3. The summed E-state index contributed by atoms with van der Waals surface area (Å²) in [6, 6.07) is 34.2. The number of pyridine rings is 2. The number of hydrogen-bond donors (Lipinski definition) is 0. The van der Waals surface area contributed by atoms with Gasteiger partial charge in [0.15, 0.2) is 0 Å². The lowest BCUT2D eigenvalue weighted by atomic mass is 10.0. The van der Waals surface area contributed by atoms with Gasteiger partial charge in [0.05, 0.1) is 11.2 Å². The van der Waals surface area contributed by atoms with Gasteiger partial charge in [-0.1, -0.05) is 66.7 Å². The number of ether oxygens (including phenoxy) is 2. The van der Waals surface area contributed by atoms with Crippen LogP contribution in [0.5, 0.6) is 11.5 Å². The van der Waals surface area contributed by atoms with Crippen LogP contribution in [0.15, 0.2) is 116 Å². The van der Waals surface area contributed by atoms with E-state index in [1.54, 1.807) is 12.4 Å². The Labute approximate surface area is 199 Å². The number of para-hydroxylation sites is 1. The van der Waals surface area contributed by atoms with Gasteiger partial charge in [-0.25, -0.2) is 4.98 Å². The van der Waals surface area contributed by atoms with Crippen LogP contribution in [0.2, 0.25) is 0 Å². The van der Waals surface area contributed by atoms with E-state index in [2.05, 4.69) is 52.4 Å². The van der Waals surface area contributed by atoms with Crippen LogP contribution in [0.4, 0.5) is 0 Å². The van der Waals surface area contributed by atoms with E-state index in [0.717, 1.165) is 44.8 Å². The summed E-state index contributed by atoms with van der Waals surface area (Å²) in [6.45, 7) is 0.863. The summed E-state index contributed by atoms with van der Waals surface area (Å²) >= 11 is 0. The second-order valence-electron chi connectivity index (χ2n) is 7.86. The van der Waals surface area contributed by atoms with Crippen LogP contribution < -0.4 is 9.47 Å². The molecule has 2 heterocycles. The quantitative estimate of drug-likeness (QED) is 0.246. The predicted molar refractivity (Wildman–Crippen MR) is 137 cm³/mol. The molecule has 0 aliphatic heterocycles. The molecule has 0 radical (unpaired) electrons. The van der Waals surface area contributed by atoms with Crippen LogP contribution >= 0.6 is 0 Å². The van der Waals surface area contributed by atoms with E-state index in [9.17, 15) is 0 Å². The lowest BCUT2D eigenvalue weighted by Crippen LogP contribution is -2.02. The fourth-order valence-electron chi connectivity index (χ4n) is 3.67. The highest BCUT2D eigenvalue weighted by molar-refractivity contribution is 5.82. The molecule has 0 spiro atoms. The molecule has 0 aliphatic rings. The molecule has 0 saturated carbocycles. The van der Waals surface area contributed by atoms with Gasteiger partial charge in [0, 0.05) is 17.8 Å². The molecule has 0 fully saturated rings. The fraction of sp³-hybridized carbons (Fsp3) is 0.0667. The molecule has 3 aromatic carbocycles. The predicted octanol–water partition coefficient (Wildman–Crippen LogP) is 6.83. The molecule has 0 unspecified atom stereocenters. The van der Waals surface area contributed by atoms with Crippen molar-refractivity contribution in [3.63, 3.8) is 0 Å². The Morgan fingerprint density at radius 2 is 1.41 bits per heavy atom. The zero-order valence-corrected chi connectivity index (χ0v) is 18.7. The SMILES string of the molecule is C(=C(COc1ccncc1)c1ccc(OCc2ccc3ccccc3n2)cc1)c1ccccc1. The summed E-state index contributed by atoms with van der Waals surface area (Å²) in [6.07, 6.45) is 5.61. The highest BCUT2D eigenvalue weighted by atomic mass is 16.5. The zero-order chi connectivity index (χ0) is 23.0. The molecule has 0 aliphatic carbocycles. The summed E-state index contributed by atoms with van der Waals surface area (Å²) in [5, 5.41) is 1.13. The Balaban J connectivity index is 1.31. The first-order valence-electron chi connectivity index (χ1n) is 11.2. The van der Waals surface area contributed by atoms with Crippen LogP contribution in [-0.2, 0) is 6.61 Å². The molecular formula is C30H24N2O2. The first-order valence-corrected chi connectivity index (χ1v) is 11.2. The Kier molecular flexibility index (Phi) is 6.58. The van der Waals surface area contributed by atoms with E-state index in [1.165, 1.54) is 0 Å². The molecule has 0 saturated heterocycles. The van der Waals surface area contributed by atoms with Gasteiger partial charge in [0.1, 0.15) is 24.7 Å². The van der Waals surface area contributed by atoms with E-state index in [4.69, 9.17) is 9.47 Å². The van der Waals surface area contributed by atoms with Gasteiger partial charge in [0.2, 0.25) is 0 Å². The summed E-state index contributed by atoms with van der Waals surface area (Å²) in [4.78, 5) is 8.73. The van der Waals surface area contributed by atoms with E-state index in [0.29, 0.717) is 13.2 Å². The maximum atomic E-state index is 6.02. The molecule has 4 nitrogen and oxygen atoms in total. The maximum absolute atomic E-state index is 6.02. The Hall–Kier alpha value is -4.44. The third kappa shape index (κ3) is 5.48. The van der Waals surface area contributed by atoms with Gasteiger partial charge in [0.25, 0.3) is 0 Å². The minimum Gasteiger partial charge on any atom is -0.489 e. The minimum atomic E-state index is 0.419. The smallest absolute Gasteiger partial charge is 0.130 e. The van der Waals surface area contributed by atoms with Crippen LogP contribution in [-0.4, -0.2) is 16.6 Å². The van der Waals surface area contributed by atoms with E-state index in [1.807, 2.05) is 66.7 Å². The van der Waals surface area contributed by atoms with Crippen molar-refractivity contribution >= 4 is 22.6 Å². The third-order valence-corrected chi connectivity index (χ3v) is 5.45. The molecular weight excluding hydrogens is 420 g/mol. The molecule has 2 aromatic heterocycles. The Bertz CT molecular complexity index is 1380. The molecule has 0 bridgehead atoms. The second-order valence-corrected chi connectivity index (χ2v) is 7.86. The van der Waals surface area contributed by atoms with Gasteiger partial charge in [-0.2, -0.15) is 0 Å². The third-order valence-electron chi connectivity index (χ3n) is 5.45. The summed E-state index contributed by atoms with van der Waals surface area (Å²) in [5.74, 6) is 1.59. The molecule has 4 heteroatoms. The normalized spacial score (nSPS) is 11.4. The molecule has 0 atom stereocenters. The van der Waals surface area contributed by atoms with Crippen molar-refractivity contribution in [2.24, 2.45) is 0 Å². The molecule has 5 aromatic rings. The van der Waals surface area contributed by atoms with Gasteiger partial charge in [-0.3, -0.25) is 4.98 Å². The van der Waals surface area contributed by atoms with E-state index >= 15 is 0 Å². The topological polar surface area (TPSA) is 44.2 Å². The average molecular weight is 445 g/mol. The fourth-order valence-corrected chi connectivity index (χ4v) is 3.67. The number of nitrogens with zero attached hydrogens (tertiary/aromatic N) is 2. The number of aromatic nitrogens is 2. The lowest BCUT2D eigenvalue weighted by Gasteiger charge is -2.12. The van der Waals surface area contributed by atoms with Crippen LogP contribution in [0.1, 0.15) is 16.8 Å². The van der Waals surface area contributed by atoms with Crippen molar-refractivity contribution in [3.05, 3.63) is 132 Å². The number of fused-ring (bicyclic) bond motifs is 1. The monoisotopic (exact) mass is 444 g/mol. The molecule has 0 amide bonds. The molecule has 0 N–H and O–H groups in total. The van der Waals surface area contributed by atoms with Crippen molar-refractivity contribution in [3.8, 4) is 11.5 Å². The van der Waals surface area contributed by atoms with Gasteiger partial charge < -0.3 is 9.47 Å². The highest BCUT2D eigenvalue weighted by Crippen LogP contribution is 2.23. The van der Waals surface area contributed by atoms with Crippen molar-refractivity contribution in [2.75, 3.05) is 6.61 Å². The standard InChI is InChI=1S/C30H24N2O2/c1-2-6-23(7-3-1)20-26(21-33-29-16-18-31-19-17-29)24-11-14-28(15-12-24)34-22-27-13-10-25-8-4-5-9-30(25)32-27/h1-20H,21-22H2. The maximum Gasteiger partial charge on any atom is 0.130 e. The lowest BCUT2D eigenvalue weighted by molar-refractivity contribution is 0.302. The van der Waals surface area contributed by atoms with Crippen molar-refractivity contribution < 1.29 is 9.47 Å². The largest absolute Gasteiger partial charge is 0.489 e. The van der Waals surface area contributed by atoms with Gasteiger partial charge in [-0.05, 0) is 59.2 Å². The van der Waals surface area contributed by atoms with E-state index in [-0.39, 0.29) is 0 Å². The highest BCUT2D eigenvalue weighted by Gasteiger charge is 2.06. The summed E-state index contributed by atoms with van der Waals surface area (Å²) in [5.41, 5.74) is 5.15. The molecule has 34 heavy (non-hydrogen) atoms. The average Bonchev–Trinajstić information content (AvgIpc) is 2.91. The summed E-state index contributed by atoms with van der Waals surface area (Å²) in [7, 11) is 0. The molecule has 5 rings (SSSR count). The second kappa shape index (κ2) is 10.5. The van der Waals surface area contributed by atoms with E-state index < -0.39 is 0 Å². The van der Waals surface area contributed by atoms with Crippen molar-refractivity contribution in [2.45, 2.75) is 6.61 Å². The van der Waals surface area contributed by atoms with Gasteiger partial charge >= 0.3 is 0 Å². The number of rotatable bonds is 8. The first kappa shape index (κ1) is 21.4. The molecule has 166 valence electrons. The van der Waals surface area contributed by atoms with Gasteiger partial charge in [-0.15, -0.1) is 0 Å². The minimum absolute atomic E-state index is 0.419. The summed E-state index contributed by atoms with van der Waals surface area (Å²) < 4.78 is 12.0. The Morgan fingerprint density at radius 1 is 0.676 bits per heavy atom. The number of hydrogen-bond acceptors (Lipinski definition) is 4.